The Hall–Kier alpha value is -2.55. The maximum Gasteiger partial charge on any atom is 0.262 e. The maximum absolute atomic E-state index is 12.7. The lowest BCUT2D eigenvalue weighted by Crippen LogP contribution is -2.22. The molecule has 3 aromatic carbocycles. The summed E-state index contributed by atoms with van der Waals surface area (Å²) in [4.78, 5) is 12.6. The number of benzene rings is 3. The van der Waals surface area contributed by atoms with Gasteiger partial charge in [-0.2, -0.15) is 0 Å². The van der Waals surface area contributed by atoms with Crippen LogP contribution >= 0.6 is 27.5 Å². The van der Waals surface area contributed by atoms with E-state index in [0.717, 1.165) is 27.7 Å². The Morgan fingerprint density at radius 3 is 2.36 bits per heavy atom. The number of hydrogen-bond donors (Lipinski definition) is 2. The Labute approximate surface area is 207 Å². The van der Waals surface area contributed by atoms with Gasteiger partial charge in [-0.05, 0) is 91.6 Å². The SMILES string of the molecule is CCc1cc(Br)cc(C)c1NC(=O)COc1ccc(S(=O)(=O)Nc2ccc(Cl)cc2)cc1C. The van der Waals surface area contributed by atoms with E-state index in [4.69, 9.17) is 16.3 Å². The van der Waals surface area contributed by atoms with Crippen LogP contribution in [0.1, 0.15) is 23.6 Å². The molecule has 6 nitrogen and oxygen atoms in total. The third-order valence-electron chi connectivity index (χ3n) is 4.94. The van der Waals surface area contributed by atoms with Gasteiger partial charge in [0.15, 0.2) is 6.61 Å². The van der Waals surface area contributed by atoms with Crippen LogP contribution in [-0.4, -0.2) is 20.9 Å². The topological polar surface area (TPSA) is 84.5 Å². The summed E-state index contributed by atoms with van der Waals surface area (Å²) in [6.07, 6.45) is 0.774. The first-order chi connectivity index (χ1) is 15.6. The van der Waals surface area contributed by atoms with Crippen molar-refractivity contribution in [1.82, 2.24) is 0 Å². The molecule has 9 heteroatoms. The molecule has 0 aromatic heterocycles. The van der Waals surface area contributed by atoms with Crippen LogP contribution in [0.2, 0.25) is 5.02 Å². The summed E-state index contributed by atoms with van der Waals surface area (Å²) >= 11 is 9.32. The van der Waals surface area contributed by atoms with E-state index in [1.807, 2.05) is 26.0 Å². The van der Waals surface area contributed by atoms with E-state index in [9.17, 15) is 13.2 Å². The van der Waals surface area contributed by atoms with E-state index in [1.165, 1.54) is 12.1 Å². The highest BCUT2D eigenvalue weighted by atomic mass is 79.9. The zero-order valence-corrected chi connectivity index (χ0v) is 21.6. The molecule has 0 spiro atoms. The molecule has 2 N–H and O–H groups in total. The van der Waals surface area contributed by atoms with E-state index in [1.54, 1.807) is 37.3 Å². The van der Waals surface area contributed by atoms with E-state index >= 15 is 0 Å². The molecule has 0 heterocycles. The number of sulfonamides is 1. The molecule has 0 aliphatic carbocycles. The number of aryl methyl sites for hydroxylation is 3. The van der Waals surface area contributed by atoms with Crippen molar-refractivity contribution in [3.05, 3.63) is 80.8 Å². The molecule has 0 saturated heterocycles. The summed E-state index contributed by atoms with van der Waals surface area (Å²) in [5.74, 6) is 0.134. The fraction of sp³-hybridized carbons (Fsp3) is 0.208. The van der Waals surface area contributed by atoms with Crippen molar-refractivity contribution >= 4 is 54.8 Å². The highest BCUT2D eigenvalue weighted by Crippen LogP contribution is 2.27. The van der Waals surface area contributed by atoms with Gasteiger partial charge in [-0.25, -0.2) is 8.42 Å². The van der Waals surface area contributed by atoms with Crippen LogP contribution in [0.25, 0.3) is 0 Å². The lowest BCUT2D eigenvalue weighted by molar-refractivity contribution is -0.118. The number of anilines is 2. The molecule has 0 saturated carbocycles. The second kappa shape index (κ2) is 10.6. The first kappa shape index (κ1) is 25.1. The molecule has 0 atom stereocenters. The van der Waals surface area contributed by atoms with Gasteiger partial charge in [0.25, 0.3) is 15.9 Å². The molecular weight excluding hydrogens is 528 g/mol. The van der Waals surface area contributed by atoms with Gasteiger partial charge in [0.1, 0.15) is 5.75 Å². The van der Waals surface area contributed by atoms with E-state index < -0.39 is 10.0 Å². The summed E-state index contributed by atoms with van der Waals surface area (Å²) in [7, 11) is -3.79. The van der Waals surface area contributed by atoms with Crippen molar-refractivity contribution < 1.29 is 17.9 Å². The van der Waals surface area contributed by atoms with Crippen molar-refractivity contribution in [3.63, 3.8) is 0 Å². The van der Waals surface area contributed by atoms with E-state index in [0.29, 0.717) is 22.0 Å². The third kappa shape index (κ3) is 6.50. The Kier molecular flexibility index (Phi) is 8.05. The van der Waals surface area contributed by atoms with Gasteiger partial charge in [-0.3, -0.25) is 9.52 Å². The number of carbonyl (C=O) groups excluding carboxylic acids is 1. The normalized spacial score (nSPS) is 11.2. The minimum absolute atomic E-state index is 0.0878. The maximum atomic E-state index is 12.7. The summed E-state index contributed by atoms with van der Waals surface area (Å²) in [5, 5.41) is 3.43. The summed E-state index contributed by atoms with van der Waals surface area (Å²) in [5.41, 5.74) is 3.75. The summed E-state index contributed by atoms with van der Waals surface area (Å²) in [6.45, 7) is 5.48. The number of rotatable bonds is 8. The van der Waals surface area contributed by atoms with Gasteiger partial charge < -0.3 is 10.1 Å². The first-order valence-electron chi connectivity index (χ1n) is 10.2. The third-order valence-corrected chi connectivity index (χ3v) is 7.03. The fourth-order valence-electron chi connectivity index (χ4n) is 3.27. The smallest absolute Gasteiger partial charge is 0.262 e. The average molecular weight is 552 g/mol. The van der Waals surface area contributed by atoms with E-state index in [-0.39, 0.29) is 17.4 Å². The predicted molar refractivity (Wildman–Crippen MR) is 136 cm³/mol. The van der Waals surface area contributed by atoms with Crippen molar-refractivity contribution in [2.45, 2.75) is 32.1 Å². The molecule has 0 bridgehead atoms. The molecule has 0 aliphatic rings. The molecule has 1 amide bonds. The van der Waals surface area contributed by atoms with Crippen LogP contribution in [0, 0.1) is 13.8 Å². The Bertz CT molecular complexity index is 1280. The van der Waals surface area contributed by atoms with Crippen LogP contribution in [-0.2, 0) is 21.2 Å². The number of halogens is 2. The molecular formula is C24H24BrClN2O4S. The van der Waals surface area contributed by atoms with Gasteiger partial charge in [-0.15, -0.1) is 0 Å². The lowest BCUT2D eigenvalue weighted by Gasteiger charge is -2.15. The highest BCUT2D eigenvalue weighted by molar-refractivity contribution is 9.10. The van der Waals surface area contributed by atoms with Gasteiger partial charge in [0.05, 0.1) is 4.90 Å². The Morgan fingerprint density at radius 1 is 1.03 bits per heavy atom. The number of nitrogens with one attached hydrogen (secondary N) is 2. The van der Waals surface area contributed by atoms with Crippen molar-refractivity contribution in [3.8, 4) is 5.75 Å². The van der Waals surface area contributed by atoms with Crippen LogP contribution in [0.4, 0.5) is 11.4 Å². The quantitative estimate of drug-likeness (QED) is 0.354. The van der Waals surface area contributed by atoms with Gasteiger partial charge in [0, 0.05) is 20.9 Å². The van der Waals surface area contributed by atoms with Crippen LogP contribution < -0.4 is 14.8 Å². The minimum Gasteiger partial charge on any atom is -0.483 e. The Balaban J connectivity index is 1.67. The fourth-order valence-corrected chi connectivity index (χ4v) is 5.16. The standard InChI is InChI=1S/C24H24BrClN2O4S/c1-4-17-13-18(25)11-16(3)24(17)27-23(29)14-32-22-10-9-21(12-15(22)2)33(30,31)28-20-7-5-19(26)6-8-20/h5-13,28H,4,14H2,1-3H3,(H,27,29). The Morgan fingerprint density at radius 2 is 1.73 bits per heavy atom. The molecule has 0 unspecified atom stereocenters. The van der Waals surface area contributed by atoms with Crippen molar-refractivity contribution in [1.29, 1.82) is 0 Å². The van der Waals surface area contributed by atoms with Crippen molar-refractivity contribution in [2.24, 2.45) is 0 Å². The van der Waals surface area contributed by atoms with E-state index in [2.05, 4.69) is 26.0 Å². The molecule has 0 radical (unpaired) electrons. The molecule has 0 aliphatic heterocycles. The van der Waals surface area contributed by atoms with Gasteiger partial charge in [0.2, 0.25) is 0 Å². The second-order valence-corrected chi connectivity index (χ2v) is 10.5. The molecule has 33 heavy (non-hydrogen) atoms. The largest absolute Gasteiger partial charge is 0.483 e. The van der Waals surface area contributed by atoms with Crippen LogP contribution in [0.15, 0.2) is 64.0 Å². The molecule has 174 valence electrons. The molecule has 0 fully saturated rings. The second-order valence-electron chi connectivity index (χ2n) is 7.49. The highest BCUT2D eigenvalue weighted by Gasteiger charge is 2.17. The predicted octanol–water partition coefficient (Wildman–Crippen LogP) is 6.10. The van der Waals surface area contributed by atoms with Gasteiger partial charge in [-0.1, -0.05) is 34.5 Å². The average Bonchev–Trinajstić information content (AvgIpc) is 2.76. The van der Waals surface area contributed by atoms with Crippen LogP contribution in [0.3, 0.4) is 0 Å². The zero-order valence-electron chi connectivity index (χ0n) is 18.4. The van der Waals surface area contributed by atoms with Crippen molar-refractivity contribution in [2.75, 3.05) is 16.6 Å². The minimum atomic E-state index is -3.79. The first-order valence-corrected chi connectivity index (χ1v) is 12.8. The summed E-state index contributed by atoms with van der Waals surface area (Å²) < 4.78 is 34.5. The number of hydrogen-bond acceptors (Lipinski definition) is 4. The van der Waals surface area contributed by atoms with Crippen LogP contribution in [0.5, 0.6) is 5.75 Å². The summed E-state index contributed by atoms with van der Waals surface area (Å²) in [6, 6.07) is 14.8. The number of amides is 1. The number of carbonyl (C=O) groups is 1. The molecule has 3 rings (SSSR count). The van der Waals surface area contributed by atoms with Gasteiger partial charge >= 0.3 is 0 Å². The monoisotopic (exact) mass is 550 g/mol. The number of ether oxygens (including phenoxy) is 1. The molecule has 3 aromatic rings. The zero-order chi connectivity index (χ0) is 24.2. The lowest BCUT2D eigenvalue weighted by atomic mass is 10.1.